The van der Waals surface area contributed by atoms with Crippen LogP contribution < -0.4 is 10.1 Å². The highest BCUT2D eigenvalue weighted by molar-refractivity contribution is 5.85. The number of nitrogens with one attached hydrogen (secondary N) is 1. The third kappa shape index (κ3) is 4.62. The van der Waals surface area contributed by atoms with Crippen LogP contribution in [0.5, 0.6) is 5.88 Å². The summed E-state index contributed by atoms with van der Waals surface area (Å²) in [6.07, 6.45) is 1.90. The highest BCUT2D eigenvalue weighted by Crippen LogP contribution is 2.27. The van der Waals surface area contributed by atoms with Gasteiger partial charge >= 0.3 is 0 Å². The Hall–Kier alpha value is -2.93. The summed E-state index contributed by atoms with van der Waals surface area (Å²) < 4.78 is 7.47. The Morgan fingerprint density at radius 2 is 1.93 bits per heavy atom. The van der Waals surface area contributed by atoms with Crippen LogP contribution in [-0.4, -0.2) is 51.3 Å². The van der Waals surface area contributed by atoms with E-state index in [0.717, 1.165) is 54.8 Å². The molecule has 0 bridgehead atoms. The summed E-state index contributed by atoms with van der Waals surface area (Å²) in [6, 6.07) is 12.7. The maximum atomic E-state index is 12.4. The van der Waals surface area contributed by atoms with Crippen LogP contribution in [0.2, 0.25) is 0 Å². The third-order valence-corrected chi connectivity index (χ3v) is 5.63. The fourth-order valence-corrected chi connectivity index (χ4v) is 4.13. The van der Waals surface area contributed by atoms with Gasteiger partial charge in [-0.1, -0.05) is 30.3 Å². The van der Waals surface area contributed by atoms with E-state index in [1.165, 1.54) is 5.56 Å². The molecule has 158 valence electrons. The first-order valence-corrected chi connectivity index (χ1v) is 10.5. The van der Waals surface area contributed by atoms with Gasteiger partial charge in [-0.15, -0.1) is 5.10 Å². The number of piperidine rings is 1. The molecule has 0 atom stereocenters. The quantitative estimate of drug-likeness (QED) is 0.680. The molecule has 0 aliphatic carbocycles. The van der Waals surface area contributed by atoms with Crippen LogP contribution in [0.15, 0.2) is 36.4 Å². The van der Waals surface area contributed by atoms with Crippen molar-refractivity contribution in [2.45, 2.75) is 39.3 Å². The number of pyridine rings is 1. The Morgan fingerprint density at radius 1 is 1.20 bits per heavy atom. The van der Waals surface area contributed by atoms with Gasteiger partial charge in [-0.3, -0.25) is 9.69 Å². The Morgan fingerprint density at radius 3 is 2.67 bits per heavy atom. The third-order valence-electron chi connectivity index (χ3n) is 5.63. The van der Waals surface area contributed by atoms with E-state index in [1.54, 1.807) is 4.68 Å². The van der Waals surface area contributed by atoms with Gasteiger partial charge in [0.15, 0.2) is 12.3 Å². The van der Waals surface area contributed by atoms with Crippen LogP contribution in [0.4, 0.5) is 0 Å². The standard InChI is InChI=1S/C23H29N5O2/c1-16-13-17(2)24-22-21(16)23(26-27(22)3)30-15-20(29)25-19-9-11-28(12-10-19)14-18-7-5-4-6-8-18/h4-8,13,19H,9-12,14-15H2,1-3H3,(H,25,29). The number of ether oxygens (including phenoxy) is 1. The number of hydrogen-bond donors (Lipinski definition) is 1. The van der Waals surface area contributed by atoms with Gasteiger partial charge in [0, 0.05) is 38.4 Å². The minimum absolute atomic E-state index is 0.0380. The largest absolute Gasteiger partial charge is 0.466 e. The molecular formula is C23H29N5O2. The Bertz CT molecular complexity index is 1020. The van der Waals surface area contributed by atoms with E-state index in [-0.39, 0.29) is 18.6 Å². The number of rotatable bonds is 6. The second-order valence-electron chi connectivity index (χ2n) is 8.10. The molecule has 0 saturated carbocycles. The predicted octanol–water partition coefficient (Wildman–Crippen LogP) is 2.74. The lowest BCUT2D eigenvalue weighted by molar-refractivity contribution is -0.124. The topological polar surface area (TPSA) is 72.3 Å². The predicted molar refractivity (Wildman–Crippen MR) is 116 cm³/mol. The number of carbonyl (C=O) groups is 1. The normalized spacial score (nSPS) is 15.4. The first kappa shape index (κ1) is 20.3. The van der Waals surface area contributed by atoms with E-state index < -0.39 is 0 Å². The molecule has 1 fully saturated rings. The van der Waals surface area contributed by atoms with Crippen LogP contribution in [-0.2, 0) is 18.4 Å². The minimum Gasteiger partial charge on any atom is -0.466 e. The van der Waals surface area contributed by atoms with Crippen molar-refractivity contribution in [1.29, 1.82) is 0 Å². The number of hydrogen-bond acceptors (Lipinski definition) is 5. The number of benzene rings is 1. The molecule has 2 aromatic heterocycles. The second kappa shape index (κ2) is 8.83. The lowest BCUT2D eigenvalue weighted by atomic mass is 10.0. The van der Waals surface area contributed by atoms with Gasteiger partial charge in [0.25, 0.3) is 5.91 Å². The molecule has 1 aliphatic heterocycles. The molecule has 1 aromatic carbocycles. The zero-order chi connectivity index (χ0) is 21.1. The summed E-state index contributed by atoms with van der Waals surface area (Å²) in [6.45, 7) is 6.85. The lowest BCUT2D eigenvalue weighted by Gasteiger charge is -2.32. The maximum Gasteiger partial charge on any atom is 0.258 e. The van der Waals surface area contributed by atoms with Crippen molar-refractivity contribution >= 4 is 16.9 Å². The fourth-order valence-electron chi connectivity index (χ4n) is 4.13. The summed E-state index contributed by atoms with van der Waals surface area (Å²) in [5.41, 5.74) is 4.09. The number of nitrogens with zero attached hydrogens (tertiary/aromatic N) is 4. The van der Waals surface area contributed by atoms with Gasteiger partial charge in [0.2, 0.25) is 5.88 Å². The molecule has 7 nitrogen and oxygen atoms in total. The van der Waals surface area contributed by atoms with E-state index in [2.05, 4.69) is 44.6 Å². The summed E-state index contributed by atoms with van der Waals surface area (Å²) >= 11 is 0. The monoisotopic (exact) mass is 407 g/mol. The van der Waals surface area contributed by atoms with Gasteiger partial charge < -0.3 is 10.1 Å². The lowest BCUT2D eigenvalue weighted by Crippen LogP contribution is -2.45. The minimum atomic E-state index is -0.104. The molecular weight excluding hydrogens is 378 g/mol. The van der Waals surface area contributed by atoms with Gasteiger partial charge in [0.05, 0.1) is 5.39 Å². The molecule has 4 rings (SSSR count). The Labute approximate surface area is 177 Å². The van der Waals surface area contributed by atoms with Crippen LogP contribution in [0.1, 0.15) is 29.7 Å². The van der Waals surface area contributed by atoms with Crippen molar-refractivity contribution in [3.8, 4) is 5.88 Å². The first-order valence-electron chi connectivity index (χ1n) is 10.5. The van der Waals surface area contributed by atoms with E-state index >= 15 is 0 Å². The Balaban J connectivity index is 1.27. The smallest absolute Gasteiger partial charge is 0.258 e. The molecule has 1 aliphatic rings. The van der Waals surface area contributed by atoms with E-state index in [0.29, 0.717) is 5.88 Å². The highest BCUT2D eigenvalue weighted by atomic mass is 16.5. The SMILES string of the molecule is Cc1cc(C)c2c(OCC(=O)NC3CCN(Cc4ccccc4)CC3)nn(C)c2n1. The number of amides is 1. The van der Waals surface area contributed by atoms with E-state index in [9.17, 15) is 4.79 Å². The fraction of sp³-hybridized carbons (Fsp3) is 0.435. The van der Waals surface area contributed by atoms with Crippen LogP contribution in [0.25, 0.3) is 11.0 Å². The molecule has 30 heavy (non-hydrogen) atoms. The average Bonchev–Trinajstić information content (AvgIpc) is 3.04. The van der Waals surface area contributed by atoms with Gasteiger partial charge in [-0.05, 0) is 43.9 Å². The van der Waals surface area contributed by atoms with Gasteiger partial charge in [0.1, 0.15) is 0 Å². The van der Waals surface area contributed by atoms with Crippen molar-refractivity contribution in [2.75, 3.05) is 19.7 Å². The summed E-state index contributed by atoms with van der Waals surface area (Å²) in [5, 5.41) is 8.38. The molecule has 0 unspecified atom stereocenters. The van der Waals surface area contributed by atoms with Crippen molar-refractivity contribution in [3.05, 3.63) is 53.2 Å². The highest BCUT2D eigenvalue weighted by Gasteiger charge is 2.21. The number of fused-ring (bicyclic) bond motifs is 1. The molecule has 1 amide bonds. The zero-order valence-electron chi connectivity index (χ0n) is 17.9. The molecule has 3 heterocycles. The molecule has 1 N–H and O–H groups in total. The van der Waals surface area contributed by atoms with E-state index in [1.807, 2.05) is 33.0 Å². The summed E-state index contributed by atoms with van der Waals surface area (Å²) in [7, 11) is 1.84. The number of carbonyl (C=O) groups excluding carboxylic acids is 1. The molecule has 7 heteroatoms. The second-order valence-corrected chi connectivity index (χ2v) is 8.10. The van der Waals surface area contributed by atoms with Gasteiger partial charge in [-0.25, -0.2) is 9.67 Å². The molecule has 3 aromatic rings. The van der Waals surface area contributed by atoms with E-state index in [4.69, 9.17) is 4.74 Å². The maximum absolute atomic E-state index is 12.4. The molecule has 0 radical (unpaired) electrons. The first-order chi connectivity index (χ1) is 14.5. The zero-order valence-corrected chi connectivity index (χ0v) is 17.9. The number of aromatic nitrogens is 3. The number of aryl methyl sites for hydroxylation is 3. The van der Waals surface area contributed by atoms with Crippen molar-refractivity contribution in [3.63, 3.8) is 0 Å². The summed E-state index contributed by atoms with van der Waals surface area (Å²) in [5.74, 6) is 0.360. The average molecular weight is 408 g/mol. The van der Waals surface area contributed by atoms with Crippen molar-refractivity contribution < 1.29 is 9.53 Å². The van der Waals surface area contributed by atoms with Gasteiger partial charge in [-0.2, -0.15) is 0 Å². The van der Waals surface area contributed by atoms with Crippen molar-refractivity contribution in [1.82, 2.24) is 25.0 Å². The van der Waals surface area contributed by atoms with Crippen LogP contribution in [0.3, 0.4) is 0 Å². The molecule has 1 saturated heterocycles. The summed E-state index contributed by atoms with van der Waals surface area (Å²) in [4.78, 5) is 19.4. The van der Waals surface area contributed by atoms with Crippen LogP contribution >= 0.6 is 0 Å². The molecule has 0 spiro atoms. The van der Waals surface area contributed by atoms with Crippen molar-refractivity contribution in [2.24, 2.45) is 7.05 Å². The van der Waals surface area contributed by atoms with Crippen LogP contribution in [0, 0.1) is 13.8 Å². The Kier molecular flexibility index (Phi) is 5.99. The number of likely N-dealkylation sites (tertiary alicyclic amines) is 1.